The number of hydrogen-bond acceptors (Lipinski definition) is 12. The number of carbonyl (C=O) groups is 1. The van der Waals surface area contributed by atoms with Gasteiger partial charge in [0.1, 0.15) is 61.2 Å². The highest BCUT2D eigenvalue weighted by molar-refractivity contribution is 7.52. The standard InChI is InChI=1S/C26H30F3N6O8P/c1-15(23(38)40-12-24(2,3)26(27,28)29)34-44(39,43-16-7-5-4-6-8-16)41-13-25(11-30)21(37)19(36)20(42-25)17-9-10-18-22(31)32-14-33-35(17)18/h4-10,14-15,19-21,36-37H,12-13H2,1-3H3,(H,34,39)(H2,31,32,33)/t15-,19-,20-,21-,25+,44?/m0/s1. The maximum Gasteiger partial charge on any atom is 0.459 e. The number of ether oxygens (including phenoxy) is 2. The summed E-state index contributed by atoms with van der Waals surface area (Å²) in [5.41, 5.74) is 1.75. The molecule has 1 aromatic carbocycles. The van der Waals surface area contributed by atoms with E-state index in [0.29, 0.717) is 5.52 Å². The first-order valence-electron chi connectivity index (χ1n) is 13.1. The molecule has 14 nitrogen and oxygen atoms in total. The van der Waals surface area contributed by atoms with Gasteiger partial charge in [-0.25, -0.2) is 14.1 Å². The van der Waals surface area contributed by atoms with Crippen molar-refractivity contribution in [3.05, 3.63) is 54.5 Å². The van der Waals surface area contributed by atoms with Crippen molar-refractivity contribution < 1.29 is 51.3 Å². The van der Waals surface area contributed by atoms with Crippen LogP contribution in [0.2, 0.25) is 0 Å². The number of anilines is 1. The van der Waals surface area contributed by atoms with E-state index in [4.69, 9.17) is 24.3 Å². The fourth-order valence-corrected chi connectivity index (χ4v) is 5.64. The lowest BCUT2D eigenvalue weighted by atomic mass is 9.94. The van der Waals surface area contributed by atoms with Crippen molar-refractivity contribution in [3.8, 4) is 11.8 Å². The van der Waals surface area contributed by atoms with E-state index in [9.17, 15) is 38.0 Å². The first kappa shape index (κ1) is 33.1. The van der Waals surface area contributed by atoms with Gasteiger partial charge in [0.15, 0.2) is 5.82 Å². The molecule has 1 saturated heterocycles. The minimum atomic E-state index is -4.67. The summed E-state index contributed by atoms with van der Waals surface area (Å²) in [4.78, 5) is 16.4. The second kappa shape index (κ2) is 12.3. The molecule has 0 aliphatic carbocycles. The molecule has 0 amide bonds. The summed E-state index contributed by atoms with van der Waals surface area (Å²) in [7, 11) is -4.67. The number of carbonyl (C=O) groups excluding carboxylic acids is 1. The number of para-hydroxylation sites is 1. The monoisotopic (exact) mass is 642 g/mol. The van der Waals surface area contributed by atoms with E-state index in [2.05, 4.69) is 15.2 Å². The smallest absolute Gasteiger partial charge is 0.459 e. The maximum atomic E-state index is 13.9. The largest absolute Gasteiger partial charge is 0.464 e. The predicted molar refractivity (Wildman–Crippen MR) is 146 cm³/mol. The number of rotatable bonds is 11. The number of nitriles is 1. The number of nitrogen functional groups attached to an aromatic ring is 1. The average Bonchev–Trinajstić information content (AvgIpc) is 3.50. The Balaban J connectivity index is 1.55. The molecule has 0 radical (unpaired) electrons. The molecule has 5 N–H and O–H groups in total. The topological polar surface area (TPSA) is 204 Å². The number of halogens is 3. The Labute approximate surface area is 249 Å². The Morgan fingerprint density at radius 3 is 2.59 bits per heavy atom. The van der Waals surface area contributed by atoms with E-state index in [1.54, 1.807) is 12.1 Å². The van der Waals surface area contributed by atoms with E-state index < -0.39 is 68.5 Å². The molecule has 0 spiro atoms. The molecule has 0 saturated carbocycles. The fraction of sp³-hybridized carbons (Fsp3) is 0.462. The molecule has 1 fully saturated rings. The molecule has 0 bridgehead atoms. The summed E-state index contributed by atoms with van der Waals surface area (Å²) >= 11 is 0. The Morgan fingerprint density at radius 2 is 1.95 bits per heavy atom. The third-order valence-corrected chi connectivity index (χ3v) is 8.53. The number of hydrogen-bond donors (Lipinski definition) is 4. The van der Waals surface area contributed by atoms with Crippen LogP contribution in [0, 0.1) is 16.7 Å². The number of aromatic nitrogens is 3. The molecule has 1 unspecified atom stereocenters. The van der Waals surface area contributed by atoms with Crippen molar-refractivity contribution >= 4 is 25.1 Å². The first-order chi connectivity index (χ1) is 20.5. The number of alkyl halides is 3. The molecule has 1 aliphatic heterocycles. The van der Waals surface area contributed by atoms with Gasteiger partial charge in [-0.05, 0) is 45.0 Å². The molecule has 238 valence electrons. The zero-order valence-corrected chi connectivity index (χ0v) is 24.5. The molecular weight excluding hydrogens is 612 g/mol. The normalized spacial score (nSPS) is 24.4. The van der Waals surface area contributed by atoms with Gasteiger partial charge < -0.3 is 29.9 Å². The van der Waals surface area contributed by atoms with Crippen LogP contribution in [-0.4, -0.2) is 74.0 Å². The molecule has 6 atom stereocenters. The van der Waals surface area contributed by atoms with Gasteiger partial charge in [0, 0.05) is 0 Å². The minimum absolute atomic E-state index is 0.00385. The summed E-state index contributed by atoms with van der Waals surface area (Å²) in [6.07, 6.45) is -8.44. The molecule has 44 heavy (non-hydrogen) atoms. The van der Waals surface area contributed by atoms with E-state index in [-0.39, 0.29) is 17.3 Å². The number of aliphatic hydroxyl groups is 2. The second-order valence-corrected chi connectivity index (χ2v) is 12.4. The maximum absolute atomic E-state index is 13.9. The molecule has 3 heterocycles. The van der Waals surface area contributed by atoms with Gasteiger partial charge in [0.2, 0.25) is 5.60 Å². The van der Waals surface area contributed by atoms with Crippen molar-refractivity contribution in [2.75, 3.05) is 18.9 Å². The lowest BCUT2D eigenvalue weighted by Crippen LogP contribution is -2.46. The van der Waals surface area contributed by atoms with Crippen LogP contribution in [0.3, 0.4) is 0 Å². The summed E-state index contributed by atoms with van der Waals surface area (Å²) in [6.45, 7) is 0.866. The van der Waals surface area contributed by atoms with Gasteiger partial charge in [-0.15, -0.1) is 0 Å². The van der Waals surface area contributed by atoms with Gasteiger partial charge in [-0.2, -0.15) is 28.6 Å². The zero-order valence-electron chi connectivity index (χ0n) is 23.6. The van der Waals surface area contributed by atoms with Crippen molar-refractivity contribution in [1.82, 2.24) is 19.7 Å². The summed E-state index contributed by atoms with van der Waals surface area (Å²) in [6, 6.07) is 10.8. The van der Waals surface area contributed by atoms with Crippen LogP contribution in [-0.2, 0) is 23.4 Å². The predicted octanol–water partition coefficient (Wildman–Crippen LogP) is 2.68. The zero-order chi connectivity index (χ0) is 32.5. The third kappa shape index (κ3) is 6.65. The van der Waals surface area contributed by atoms with Gasteiger partial charge in [0.25, 0.3) is 0 Å². The minimum Gasteiger partial charge on any atom is -0.464 e. The fourth-order valence-electron chi connectivity index (χ4n) is 4.11. The molecule has 18 heteroatoms. The quantitative estimate of drug-likeness (QED) is 0.176. The SMILES string of the molecule is C[C@H](NP(=O)(OC[C@@]1(C#N)O[C@@H](c2ccc3c(N)ncnn23)[C@H](O)[C@@H]1O)Oc1ccccc1)C(=O)OCC(C)(C)C(F)(F)F. The number of benzene rings is 1. The lowest BCUT2D eigenvalue weighted by Gasteiger charge is -2.29. The van der Waals surface area contributed by atoms with Crippen LogP contribution in [0.4, 0.5) is 19.0 Å². The van der Waals surface area contributed by atoms with Gasteiger partial charge in [-0.3, -0.25) is 9.32 Å². The number of fused-ring (bicyclic) bond motifs is 1. The van der Waals surface area contributed by atoms with E-state index in [1.807, 2.05) is 0 Å². The first-order valence-corrected chi connectivity index (χ1v) is 14.6. The van der Waals surface area contributed by atoms with Crippen LogP contribution in [0.1, 0.15) is 32.6 Å². The number of nitrogens with one attached hydrogen (secondary N) is 1. The van der Waals surface area contributed by atoms with Crippen molar-refractivity contribution in [2.24, 2.45) is 5.41 Å². The molecular formula is C26H30F3N6O8P. The lowest BCUT2D eigenvalue weighted by molar-refractivity contribution is -0.226. The Hall–Kier alpha value is -3.78. The average molecular weight is 643 g/mol. The second-order valence-electron chi connectivity index (χ2n) is 10.7. The highest BCUT2D eigenvalue weighted by Crippen LogP contribution is 2.48. The number of esters is 1. The van der Waals surface area contributed by atoms with E-state index in [0.717, 1.165) is 27.1 Å². The van der Waals surface area contributed by atoms with Crippen molar-refractivity contribution in [3.63, 3.8) is 0 Å². The van der Waals surface area contributed by atoms with Crippen LogP contribution >= 0.6 is 7.75 Å². The highest BCUT2D eigenvalue weighted by atomic mass is 31.2. The van der Waals surface area contributed by atoms with Crippen LogP contribution in [0.5, 0.6) is 5.75 Å². The van der Waals surface area contributed by atoms with Crippen molar-refractivity contribution in [2.45, 2.75) is 56.9 Å². The number of nitrogens with zero attached hydrogens (tertiary/aromatic N) is 4. The molecule has 2 aromatic heterocycles. The van der Waals surface area contributed by atoms with Crippen molar-refractivity contribution in [1.29, 1.82) is 5.26 Å². The summed E-state index contributed by atoms with van der Waals surface area (Å²) in [5.74, 6) is -1.09. The Bertz CT molecular complexity index is 1580. The molecule has 1 aliphatic rings. The third-order valence-electron chi connectivity index (χ3n) is 6.91. The molecule has 4 rings (SSSR count). The van der Waals surface area contributed by atoms with Crippen LogP contribution < -0.4 is 15.3 Å². The van der Waals surface area contributed by atoms with Gasteiger partial charge >= 0.3 is 19.9 Å². The molecule has 3 aromatic rings. The van der Waals surface area contributed by atoms with Crippen LogP contribution in [0.25, 0.3) is 5.52 Å². The highest BCUT2D eigenvalue weighted by Gasteiger charge is 2.57. The van der Waals surface area contributed by atoms with Gasteiger partial charge in [0.05, 0.1) is 11.1 Å². The Morgan fingerprint density at radius 1 is 1.27 bits per heavy atom. The van der Waals surface area contributed by atoms with Gasteiger partial charge in [-0.1, -0.05) is 18.2 Å². The Kier molecular flexibility index (Phi) is 9.27. The number of aliphatic hydroxyl groups excluding tert-OH is 2. The van der Waals surface area contributed by atoms with E-state index >= 15 is 0 Å². The van der Waals surface area contributed by atoms with E-state index in [1.165, 1.54) is 40.9 Å². The summed E-state index contributed by atoms with van der Waals surface area (Å²) < 4.78 is 76.4. The summed E-state index contributed by atoms with van der Waals surface area (Å²) in [5, 5.41) is 38.2. The van der Waals surface area contributed by atoms with Crippen LogP contribution in [0.15, 0.2) is 48.8 Å². The number of nitrogens with two attached hydrogens (primary N) is 1.